The van der Waals surface area contributed by atoms with Crippen molar-refractivity contribution in [3.05, 3.63) is 23.8 Å². The van der Waals surface area contributed by atoms with Crippen LogP contribution in [-0.2, 0) is 11.3 Å². The molecule has 0 aromatic heterocycles. The molecule has 1 fully saturated rings. The molecule has 0 unspecified atom stereocenters. The molecule has 0 aliphatic carbocycles. The molecule has 0 bridgehead atoms. The second-order valence-corrected chi connectivity index (χ2v) is 7.22. The highest BCUT2D eigenvalue weighted by Gasteiger charge is 2.16. The number of hydrogen-bond donors (Lipinski definition) is 2. The Balaban J connectivity index is 1.78. The first-order valence-electron chi connectivity index (χ1n) is 9.57. The molecule has 2 N–H and O–H groups in total. The molecule has 1 saturated heterocycles. The van der Waals surface area contributed by atoms with Crippen molar-refractivity contribution in [2.45, 2.75) is 32.9 Å². The van der Waals surface area contributed by atoms with Crippen molar-refractivity contribution in [1.29, 1.82) is 0 Å². The number of hydrogen-bond acceptors (Lipinski definition) is 6. The minimum Gasteiger partial charge on any atom is -0.493 e. The molecule has 0 radical (unpaired) electrons. The second-order valence-electron chi connectivity index (χ2n) is 7.22. The average molecular weight is 367 g/mol. The van der Waals surface area contributed by atoms with Crippen molar-refractivity contribution in [2.75, 3.05) is 53.1 Å². The van der Waals surface area contributed by atoms with Gasteiger partial charge in [0.2, 0.25) is 0 Å². The number of rotatable bonds is 11. The summed E-state index contributed by atoms with van der Waals surface area (Å²) in [5.41, 5.74) is 1.16. The lowest BCUT2D eigenvalue weighted by Gasteiger charge is -2.28. The van der Waals surface area contributed by atoms with Gasteiger partial charge in [-0.05, 0) is 36.6 Å². The summed E-state index contributed by atoms with van der Waals surface area (Å²) in [6.07, 6.45) is 0.634. The van der Waals surface area contributed by atoms with E-state index >= 15 is 0 Å². The number of ether oxygens (including phenoxy) is 3. The van der Waals surface area contributed by atoms with Crippen LogP contribution in [0.4, 0.5) is 0 Å². The van der Waals surface area contributed by atoms with Crippen molar-refractivity contribution >= 4 is 0 Å². The van der Waals surface area contributed by atoms with Crippen LogP contribution in [0.1, 0.15) is 25.8 Å². The Bertz CT molecular complexity index is 519. The Morgan fingerprint density at radius 2 is 2.00 bits per heavy atom. The fraction of sp³-hybridized carbons (Fsp3) is 0.700. The Kier molecular flexibility index (Phi) is 9.18. The summed E-state index contributed by atoms with van der Waals surface area (Å²) < 4.78 is 16.6. The quantitative estimate of drug-likeness (QED) is 0.583. The van der Waals surface area contributed by atoms with Gasteiger partial charge in [0.25, 0.3) is 0 Å². The van der Waals surface area contributed by atoms with E-state index in [1.165, 1.54) is 6.42 Å². The third-order valence-electron chi connectivity index (χ3n) is 4.46. The largest absolute Gasteiger partial charge is 0.493 e. The normalized spacial score (nSPS) is 16.7. The average Bonchev–Trinajstić information content (AvgIpc) is 2.64. The third-order valence-corrected chi connectivity index (χ3v) is 4.46. The molecule has 1 aliphatic rings. The zero-order valence-corrected chi connectivity index (χ0v) is 16.4. The fourth-order valence-corrected chi connectivity index (χ4v) is 2.89. The molecule has 1 aliphatic heterocycles. The summed E-state index contributed by atoms with van der Waals surface area (Å²) in [5, 5.41) is 13.7. The van der Waals surface area contributed by atoms with Gasteiger partial charge in [0.1, 0.15) is 12.7 Å². The molecule has 1 aromatic rings. The van der Waals surface area contributed by atoms with Gasteiger partial charge in [-0.1, -0.05) is 19.9 Å². The zero-order chi connectivity index (χ0) is 18.8. The third kappa shape index (κ3) is 7.50. The van der Waals surface area contributed by atoms with E-state index in [2.05, 4.69) is 24.1 Å². The van der Waals surface area contributed by atoms with E-state index in [0.29, 0.717) is 24.0 Å². The molecule has 1 heterocycles. The van der Waals surface area contributed by atoms with Crippen molar-refractivity contribution < 1.29 is 19.3 Å². The van der Waals surface area contributed by atoms with Gasteiger partial charge >= 0.3 is 0 Å². The number of methoxy groups -OCH3 is 1. The number of morpholine rings is 1. The second kappa shape index (κ2) is 11.4. The van der Waals surface area contributed by atoms with Gasteiger partial charge in [-0.3, -0.25) is 4.90 Å². The number of aliphatic hydroxyl groups excluding tert-OH is 1. The van der Waals surface area contributed by atoms with Crippen LogP contribution in [0.2, 0.25) is 0 Å². The van der Waals surface area contributed by atoms with E-state index in [-0.39, 0.29) is 6.61 Å². The van der Waals surface area contributed by atoms with Gasteiger partial charge in [0.05, 0.1) is 20.3 Å². The molecule has 1 aromatic carbocycles. The predicted molar refractivity (Wildman–Crippen MR) is 103 cm³/mol. The minimum atomic E-state index is -0.532. The number of β-amino-alcohol motifs (C(OH)–C–C–N with tert-alkyl or cyclic N) is 1. The molecule has 0 saturated carbocycles. The molecular weight excluding hydrogens is 332 g/mol. The summed E-state index contributed by atoms with van der Waals surface area (Å²) in [5.74, 6) is 2.07. The van der Waals surface area contributed by atoms with E-state index in [0.717, 1.165) is 45.0 Å². The SMILES string of the molecule is COc1cc(CNCCC(C)C)ccc1OC[C@@H](O)CN1CCOCC1. The molecule has 26 heavy (non-hydrogen) atoms. The Labute approximate surface area is 157 Å². The first kappa shape index (κ1) is 21.0. The molecule has 6 heteroatoms. The fourth-order valence-electron chi connectivity index (χ4n) is 2.89. The van der Waals surface area contributed by atoms with Crippen molar-refractivity contribution in [1.82, 2.24) is 10.2 Å². The van der Waals surface area contributed by atoms with Crippen LogP contribution < -0.4 is 14.8 Å². The summed E-state index contributed by atoms with van der Waals surface area (Å²) in [6.45, 7) is 10.3. The lowest BCUT2D eigenvalue weighted by atomic mass is 10.1. The maximum absolute atomic E-state index is 10.2. The molecule has 0 spiro atoms. The Morgan fingerprint density at radius 1 is 1.23 bits per heavy atom. The molecule has 148 valence electrons. The molecule has 6 nitrogen and oxygen atoms in total. The minimum absolute atomic E-state index is 0.250. The zero-order valence-electron chi connectivity index (χ0n) is 16.4. The molecular formula is C20H34N2O4. The summed E-state index contributed by atoms with van der Waals surface area (Å²) in [6, 6.07) is 5.94. The van der Waals surface area contributed by atoms with Gasteiger partial charge in [-0.25, -0.2) is 0 Å². The van der Waals surface area contributed by atoms with Crippen molar-refractivity contribution in [2.24, 2.45) is 5.92 Å². The standard InChI is InChI=1S/C20H34N2O4/c1-16(2)6-7-21-13-17-4-5-19(20(12-17)24-3)26-15-18(23)14-22-8-10-25-11-9-22/h4-5,12,16,18,21,23H,6-11,13-15H2,1-3H3/t18-/m0/s1. The topological polar surface area (TPSA) is 63.2 Å². The van der Waals surface area contributed by atoms with Crippen LogP contribution in [-0.4, -0.2) is 69.2 Å². The van der Waals surface area contributed by atoms with Crippen LogP contribution in [0.5, 0.6) is 11.5 Å². The maximum atomic E-state index is 10.2. The first-order valence-corrected chi connectivity index (χ1v) is 9.57. The summed E-state index contributed by atoms with van der Waals surface area (Å²) >= 11 is 0. The van der Waals surface area contributed by atoms with Gasteiger partial charge in [-0.15, -0.1) is 0 Å². The van der Waals surface area contributed by atoms with Gasteiger partial charge in [0.15, 0.2) is 11.5 Å². The highest BCUT2D eigenvalue weighted by molar-refractivity contribution is 5.43. The predicted octanol–water partition coefficient (Wildman–Crippen LogP) is 1.90. The Hall–Kier alpha value is -1.34. The Morgan fingerprint density at radius 3 is 2.69 bits per heavy atom. The van der Waals surface area contributed by atoms with Crippen LogP contribution in [0.25, 0.3) is 0 Å². The van der Waals surface area contributed by atoms with E-state index in [4.69, 9.17) is 14.2 Å². The smallest absolute Gasteiger partial charge is 0.161 e. The maximum Gasteiger partial charge on any atom is 0.161 e. The van der Waals surface area contributed by atoms with E-state index in [1.54, 1.807) is 7.11 Å². The molecule has 1 atom stereocenters. The van der Waals surface area contributed by atoms with Gasteiger partial charge in [-0.2, -0.15) is 0 Å². The van der Waals surface area contributed by atoms with Crippen molar-refractivity contribution in [3.8, 4) is 11.5 Å². The van der Waals surface area contributed by atoms with Crippen LogP contribution in [0.15, 0.2) is 18.2 Å². The number of nitrogens with one attached hydrogen (secondary N) is 1. The number of benzene rings is 1. The van der Waals surface area contributed by atoms with E-state index < -0.39 is 6.10 Å². The van der Waals surface area contributed by atoms with Gasteiger partial charge < -0.3 is 24.6 Å². The van der Waals surface area contributed by atoms with Crippen LogP contribution >= 0.6 is 0 Å². The number of nitrogens with zero attached hydrogens (tertiary/aromatic N) is 1. The molecule has 2 rings (SSSR count). The molecule has 0 amide bonds. The summed E-state index contributed by atoms with van der Waals surface area (Å²) in [7, 11) is 1.64. The lowest BCUT2D eigenvalue weighted by Crippen LogP contribution is -2.42. The van der Waals surface area contributed by atoms with Crippen LogP contribution in [0, 0.1) is 5.92 Å². The van der Waals surface area contributed by atoms with E-state index in [1.807, 2.05) is 18.2 Å². The summed E-state index contributed by atoms with van der Waals surface area (Å²) in [4.78, 5) is 2.20. The number of aliphatic hydroxyl groups is 1. The van der Waals surface area contributed by atoms with Crippen LogP contribution in [0.3, 0.4) is 0 Å². The first-order chi connectivity index (χ1) is 12.6. The monoisotopic (exact) mass is 366 g/mol. The highest BCUT2D eigenvalue weighted by atomic mass is 16.5. The van der Waals surface area contributed by atoms with Crippen molar-refractivity contribution in [3.63, 3.8) is 0 Å². The highest BCUT2D eigenvalue weighted by Crippen LogP contribution is 2.28. The van der Waals surface area contributed by atoms with Gasteiger partial charge in [0, 0.05) is 26.2 Å². The lowest BCUT2D eigenvalue weighted by molar-refractivity contribution is 0.00445. The van der Waals surface area contributed by atoms with E-state index in [9.17, 15) is 5.11 Å².